The summed E-state index contributed by atoms with van der Waals surface area (Å²) in [5, 5.41) is 18.4. The lowest BCUT2D eigenvalue weighted by atomic mass is 10.0. The molecule has 0 aliphatic rings. The van der Waals surface area contributed by atoms with Crippen LogP contribution >= 0.6 is 0 Å². The van der Waals surface area contributed by atoms with E-state index in [9.17, 15) is 17.9 Å². The molecule has 1 atom stereocenters. The van der Waals surface area contributed by atoms with Crippen LogP contribution in [0.15, 0.2) is 53.6 Å². The van der Waals surface area contributed by atoms with Crippen LogP contribution in [0.2, 0.25) is 0 Å². The molecular formula is C20H18FN5O3S. The average molecular weight is 427 g/mol. The lowest BCUT2D eigenvalue weighted by molar-refractivity contribution is 0.198. The van der Waals surface area contributed by atoms with Crippen LogP contribution in [-0.2, 0) is 10.0 Å². The van der Waals surface area contributed by atoms with E-state index in [-0.39, 0.29) is 34.2 Å². The van der Waals surface area contributed by atoms with Crippen LogP contribution in [0.1, 0.15) is 12.6 Å². The number of nitrogens with one attached hydrogen (secondary N) is 1. The normalized spacial score (nSPS) is 12.3. The second-order valence-corrected chi connectivity index (χ2v) is 8.23. The van der Waals surface area contributed by atoms with Crippen molar-refractivity contribution in [2.75, 3.05) is 12.3 Å². The molecule has 0 radical (unpaired) electrons. The number of halogens is 1. The van der Waals surface area contributed by atoms with E-state index in [0.29, 0.717) is 11.1 Å². The molecule has 0 amide bonds. The number of benzene rings is 2. The number of sulfonamides is 1. The van der Waals surface area contributed by atoms with E-state index < -0.39 is 21.9 Å². The molecule has 2 aromatic carbocycles. The second kappa shape index (κ2) is 8.54. The van der Waals surface area contributed by atoms with E-state index in [0.717, 1.165) is 0 Å². The van der Waals surface area contributed by atoms with Gasteiger partial charge >= 0.3 is 0 Å². The number of anilines is 1. The van der Waals surface area contributed by atoms with Gasteiger partial charge in [0.25, 0.3) is 0 Å². The minimum Gasteiger partial charge on any atom is -0.392 e. The first kappa shape index (κ1) is 21.3. The minimum absolute atomic E-state index is 0.0446. The Morgan fingerprint density at radius 1 is 1.27 bits per heavy atom. The topological polar surface area (TPSA) is 142 Å². The molecule has 8 nitrogen and oxygen atoms in total. The Kier molecular flexibility index (Phi) is 6.07. The third kappa shape index (κ3) is 4.44. The van der Waals surface area contributed by atoms with Crippen molar-refractivity contribution in [1.82, 2.24) is 14.7 Å². The fraction of sp³-hybridized carbons (Fsp3) is 0.150. The molecule has 10 heteroatoms. The summed E-state index contributed by atoms with van der Waals surface area (Å²) >= 11 is 0. The van der Waals surface area contributed by atoms with Crippen molar-refractivity contribution in [3.8, 4) is 28.5 Å². The maximum atomic E-state index is 14.9. The Labute approximate surface area is 172 Å². The first-order valence-corrected chi connectivity index (χ1v) is 10.3. The summed E-state index contributed by atoms with van der Waals surface area (Å²) < 4.78 is 42.4. The van der Waals surface area contributed by atoms with Crippen LogP contribution in [0.4, 0.5) is 10.2 Å². The van der Waals surface area contributed by atoms with Gasteiger partial charge in [-0.05, 0) is 30.7 Å². The SMILES string of the molecule is C[C@@H](O)CNS(=O)(=O)c1ccccc1-c1ccc(-c2cnc(N)c(C#N)n2)c(F)c1. The number of aliphatic hydroxyl groups excluding tert-OH is 1. The maximum Gasteiger partial charge on any atom is 0.241 e. The highest BCUT2D eigenvalue weighted by atomic mass is 32.2. The summed E-state index contributed by atoms with van der Waals surface area (Å²) in [6.45, 7) is 1.31. The molecule has 0 spiro atoms. The van der Waals surface area contributed by atoms with Gasteiger partial charge in [-0.3, -0.25) is 0 Å². The fourth-order valence-electron chi connectivity index (χ4n) is 2.75. The lowest BCUT2D eigenvalue weighted by Crippen LogP contribution is -2.31. The highest BCUT2D eigenvalue weighted by Crippen LogP contribution is 2.31. The van der Waals surface area contributed by atoms with Gasteiger partial charge in [-0.1, -0.05) is 24.3 Å². The predicted octanol–water partition coefficient (Wildman–Crippen LogP) is 2.06. The van der Waals surface area contributed by atoms with E-state index in [1.165, 1.54) is 31.3 Å². The third-order valence-electron chi connectivity index (χ3n) is 4.21. The molecular weight excluding hydrogens is 409 g/mol. The van der Waals surface area contributed by atoms with Gasteiger partial charge in [-0.25, -0.2) is 27.5 Å². The van der Waals surface area contributed by atoms with Gasteiger partial charge in [-0.2, -0.15) is 5.26 Å². The molecule has 0 aliphatic carbocycles. The van der Waals surface area contributed by atoms with E-state index in [1.807, 2.05) is 0 Å². The quantitative estimate of drug-likeness (QED) is 0.546. The number of nitriles is 1. The van der Waals surface area contributed by atoms with Crippen LogP contribution in [-0.4, -0.2) is 36.1 Å². The van der Waals surface area contributed by atoms with Gasteiger partial charge in [0.1, 0.15) is 11.9 Å². The number of nitrogens with two attached hydrogens (primary N) is 1. The summed E-state index contributed by atoms with van der Waals surface area (Å²) in [4.78, 5) is 7.81. The smallest absolute Gasteiger partial charge is 0.241 e. The Hall–Kier alpha value is -3.39. The number of nitrogens with zero attached hydrogens (tertiary/aromatic N) is 3. The van der Waals surface area contributed by atoms with Crippen molar-refractivity contribution in [1.29, 1.82) is 5.26 Å². The molecule has 0 saturated carbocycles. The van der Waals surface area contributed by atoms with Crippen LogP contribution < -0.4 is 10.5 Å². The van der Waals surface area contributed by atoms with Gasteiger partial charge in [0, 0.05) is 17.7 Å². The number of hydrogen-bond acceptors (Lipinski definition) is 7. The molecule has 1 heterocycles. The fourth-order valence-corrected chi connectivity index (χ4v) is 4.10. The zero-order valence-electron chi connectivity index (χ0n) is 15.9. The summed E-state index contributed by atoms with van der Waals surface area (Å²) in [5.74, 6) is -0.721. The first-order chi connectivity index (χ1) is 14.2. The number of aromatic nitrogens is 2. The minimum atomic E-state index is -3.93. The van der Waals surface area contributed by atoms with Gasteiger partial charge in [0.15, 0.2) is 11.5 Å². The number of rotatable bonds is 6. The van der Waals surface area contributed by atoms with Crippen molar-refractivity contribution in [3.63, 3.8) is 0 Å². The standard InChI is InChI=1S/C20H18FN5O3S/c1-12(27)10-25-30(28,29)19-5-3-2-4-14(19)13-6-7-15(16(21)8-13)18-11-24-20(23)17(9-22)26-18/h2-8,11-12,25,27H,10H2,1H3,(H2,23,24)/t12-/m1/s1. The molecule has 1 aromatic heterocycles. The molecule has 0 unspecified atom stereocenters. The number of hydrogen-bond donors (Lipinski definition) is 3. The molecule has 30 heavy (non-hydrogen) atoms. The Morgan fingerprint density at radius 2 is 2.00 bits per heavy atom. The number of nitrogen functional groups attached to an aromatic ring is 1. The van der Waals surface area contributed by atoms with Gasteiger partial charge in [-0.15, -0.1) is 0 Å². The van der Waals surface area contributed by atoms with Crippen LogP contribution in [0.25, 0.3) is 22.4 Å². The Bertz CT molecular complexity index is 1240. The van der Waals surface area contributed by atoms with Gasteiger partial charge in [0.2, 0.25) is 10.0 Å². The lowest BCUT2D eigenvalue weighted by Gasteiger charge is -2.13. The Balaban J connectivity index is 2.04. The van der Waals surface area contributed by atoms with E-state index >= 15 is 0 Å². The average Bonchev–Trinajstić information content (AvgIpc) is 2.73. The summed E-state index contributed by atoms with van der Waals surface area (Å²) in [5.41, 5.74) is 6.28. The second-order valence-electron chi connectivity index (χ2n) is 6.49. The molecule has 0 fully saturated rings. The zero-order chi connectivity index (χ0) is 21.9. The molecule has 0 saturated heterocycles. The van der Waals surface area contributed by atoms with Crippen LogP contribution in [0, 0.1) is 17.1 Å². The zero-order valence-corrected chi connectivity index (χ0v) is 16.7. The van der Waals surface area contributed by atoms with Crippen molar-refractivity contribution < 1.29 is 17.9 Å². The van der Waals surface area contributed by atoms with Crippen molar-refractivity contribution in [3.05, 3.63) is 60.2 Å². The summed E-state index contributed by atoms with van der Waals surface area (Å²) in [6.07, 6.45) is 0.398. The highest BCUT2D eigenvalue weighted by Gasteiger charge is 2.20. The highest BCUT2D eigenvalue weighted by molar-refractivity contribution is 7.89. The Morgan fingerprint density at radius 3 is 2.67 bits per heavy atom. The van der Waals surface area contributed by atoms with Crippen molar-refractivity contribution in [2.45, 2.75) is 17.9 Å². The predicted molar refractivity (Wildman–Crippen MR) is 109 cm³/mol. The van der Waals surface area contributed by atoms with E-state index in [4.69, 9.17) is 11.0 Å². The monoisotopic (exact) mass is 427 g/mol. The maximum absolute atomic E-state index is 14.9. The summed E-state index contributed by atoms with van der Waals surface area (Å²) in [7, 11) is -3.93. The molecule has 0 bridgehead atoms. The number of aliphatic hydroxyl groups is 1. The third-order valence-corrected chi connectivity index (χ3v) is 5.69. The molecule has 3 rings (SSSR count). The van der Waals surface area contributed by atoms with Gasteiger partial charge < -0.3 is 10.8 Å². The summed E-state index contributed by atoms with van der Waals surface area (Å²) in [6, 6.07) is 12.1. The molecule has 4 N–H and O–H groups in total. The molecule has 3 aromatic rings. The van der Waals surface area contributed by atoms with Crippen molar-refractivity contribution >= 4 is 15.8 Å². The molecule has 154 valence electrons. The molecule has 0 aliphatic heterocycles. The van der Waals surface area contributed by atoms with Crippen molar-refractivity contribution in [2.24, 2.45) is 0 Å². The van der Waals surface area contributed by atoms with E-state index in [1.54, 1.807) is 30.3 Å². The van der Waals surface area contributed by atoms with Crippen LogP contribution in [0.5, 0.6) is 0 Å². The van der Waals surface area contributed by atoms with Crippen LogP contribution in [0.3, 0.4) is 0 Å². The van der Waals surface area contributed by atoms with E-state index in [2.05, 4.69) is 14.7 Å². The largest absolute Gasteiger partial charge is 0.392 e. The first-order valence-electron chi connectivity index (χ1n) is 8.82. The van der Waals surface area contributed by atoms with Gasteiger partial charge in [0.05, 0.1) is 22.9 Å².